The predicted molar refractivity (Wildman–Crippen MR) is 109 cm³/mol. The third-order valence-corrected chi connectivity index (χ3v) is 6.15. The molecule has 0 heterocycles. The molecule has 1 aromatic carbocycles. The van der Waals surface area contributed by atoms with Gasteiger partial charge < -0.3 is 9.47 Å². The largest absolute Gasteiger partial charge is 0.491 e. The smallest absolute Gasteiger partial charge is 0.201 e. The predicted octanol–water partition coefficient (Wildman–Crippen LogP) is 7.07. The van der Waals surface area contributed by atoms with Crippen molar-refractivity contribution < 1.29 is 27.0 Å². The summed E-state index contributed by atoms with van der Waals surface area (Å²) >= 11 is 0. The molecule has 1 atom stereocenters. The lowest BCUT2D eigenvalue weighted by molar-refractivity contribution is -0.0484. The summed E-state index contributed by atoms with van der Waals surface area (Å²) in [5.41, 5.74) is -0.728. The molecule has 2 aliphatic rings. The van der Waals surface area contributed by atoms with E-state index in [1.807, 2.05) is 0 Å². The van der Waals surface area contributed by atoms with Crippen molar-refractivity contribution in [3.05, 3.63) is 59.7 Å². The van der Waals surface area contributed by atoms with Gasteiger partial charge in [0.1, 0.15) is 11.4 Å². The van der Waals surface area contributed by atoms with Crippen molar-refractivity contribution in [2.75, 3.05) is 13.2 Å². The average molecular weight is 424 g/mol. The molecule has 1 fully saturated rings. The molecule has 0 amide bonds. The van der Waals surface area contributed by atoms with Crippen LogP contribution in [0.15, 0.2) is 42.5 Å². The number of halogens is 4. The summed E-state index contributed by atoms with van der Waals surface area (Å²) in [5, 5.41) is 0. The van der Waals surface area contributed by atoms with E-state index in [1.165, 1.54) is 12.1 Å². The van der Waals surface area contributed by atoms with E-state index < -0.39 is 28.9 Å². The molecule has 1 unspecified atom stereocenters. The highest BCUT2D eigenvalue weighted by atomic mass is 19.2. The van der Waals surface area contributed by atoms with Crippen LogP contribution in [0.5, 0.6) is 5.75 Å². The van der Waals surface area contributed by atoms with Gasteiger partial charge in [0.2, 0.25) is 5.82 Å². The standard InChI is InChI=1S/C24H28F4O2/c1-4-29-20-13-12-18(21(26)22(20)27)15(3)16-8-10-17(11-9-16)24(30-5-2)14-6-7-19(25)23(24)28/h6,12-14,16-17H,3-5,7-11H2,1-2H3. The van der Waals surface area contributed by atoms with Gasteiger partial charge in [-0.2, -0.15) is 4.39 Å². The molecule has 1 aromatic rings. The normalized spacial score (nSPS) is 26.7. The molecule has 0 bridgehead atoms. The molecular weight excluding hydrogens is 396 g/mol. The van der Waals surface area contributed by atoms with Crippen LogP contribution >= 0.6 is 0 Å². The van der Waals surface area contributed by atoms with Crippen LogP contribution in [0.4, 0.5) is 17.6 Å². The summed E-state index contributed by atoms with van der Waals surface area (Å²) in [4.78, 5) is 0. The summed E-state index contributed by atoms with van der Waals surface area (Å²) in [6, 6.07) is 2.90. The highest BCUT2D eigenvalue weighted by Gasteiger charge is 2.46. The minimum atomic E-state index is -1.38. The quantitative estimate of drug-likeness (QED) is 0.344. The summed E-state index contributed by atoms with van der Waals surface area (Å²) in [6.07, 6.45) is 5.53. The monoisotopic (exact) mass is 424 g/mol. The molecule has 0 spiro atoms. The Bertz CT molecular complexity index is 853. The molecule has 0 aliphatic heterocycles. The second kappa shape index (κ2) is 9.38. The maximum atomic E-state index is 14.8. The number of benzene rings is 1. The van der Waals surface area contributed by atoms with E-state index in [1.54, 1.807) is 26.0 Å². The molecule has 2 nitrogen and oxygen atoms in total. The van der Waals surface area contributed by atoms with E-state index >= 15 is 0 Å². The zero-order chi connectivity index (χ0) is 21.9. The minimum absolute atomic E-state index is 0.0601. The Hall–Kier alpha value is -2.08. The number of allylic oxidation sites excluding steroid dienone is 3. The van der Waals surface area contributed by atoms with Crippen molar-refractivity contribution in [1.82, 2.24) is 0 Å². The SMILES string of the molecule is C=C(c1ccc(OCC)c(F)c1F)C1CCC(C2(OCC)C=CCC(F)=C2F)CC1. The van der Waals surface area contributed by atoms with Crippen LogP contribution in [0.1, 0.15) is 51.5 Å². The van der Waals surface area contributed by atoms with Gasteiger partial charge in [-0.15, -0.1) is 0 Å². The fraction of sp³-hybridized carbons (Fsp3) is 0.500. The molecule has 0 aromatic heterocycles. The van der Waals surface area contributed by atoms with E-state index in [0.717, 1.165) is 0 Å². The van der Waals surface area contributed by atoms with Crippen LogP contribution in [0.25, 0.3) is 5.57 Å². The van der Waals surface area contributed by atoms with Gasteiger partial charge in [0, 0.05) is 18.6 Å². The van der Waals surface area contributed by atoms with Crippen LogP contribution in [-0.2, 0) is 4.74 Å². The maximum Gasteiger partial charge on any atom is 0.201 e. The lowest BCUT2D eigenvalue weighted by Crippen LogP contribution is -2.43. The van der Waals surface area contributed by atoms with E-state index in [-0.39, 0.29) is 42.8 Å². The molecule has 0 saturated heterocycles. The first-order valence-corrected chi connectivity index (χ1v) is 10.5. The molecule has 2 aliphatic carbocycles. The Labute approximate surface area is 175 Å². The van der Waals surface area contributed by atoms with Gasteiger partial charge in [0.25, 0.3) is 0 Å². The zero-order valence-corrected chi connectivity index (χ0v) is 17.4. The van der Waals surface area contributed by atoms with Crippen LogP contribution in [-0.4, -0.2) is 18.8 Å². The zero-order valence-electron chi connectivity index (χ0n) is 17.4. The van der Waals surface area contributed by atoms with Crippen LogP contribution in [0, 0.1) is 23.5 Å². The van der Waals surface area contributed by atoms with Crippen molar-refractivity contribution in [3.8, 4) is 5.75 Å². The second-order valence-electron chi connectivity index (χ2n) is 7.80. The Morgan fingerprint density at radius 1 is 1.03 bits per heavy atom. The highest BCUT2D eigenvalue weighted by Crippen LogP contribution is 2.48. The third kappa shape index (κ3) is 4.07. The van der Waals surface area contributed by atoms with Crippen molar-refractivity contribution >= 4 is 5.57 Å². The van der Waals surface area contributed by atoms with Gasteiger partial charge in [-0.3, -0.25) is 0 Å². The summed E-state index contributed by atoms with van der Waals surface area (Å²) in [5.74, 6) is -4.04. The number of rotatable bonds is 7. The lowest BCUT2D eigenvalue weighted by atomic mass is 9.69. The molecule has 164 valence electrons. The molecule has 3 rings (SSSR count). The molecule has 0 N–H and O–H groups in total. The Morgan fingerprint density at radius 2 is 1.73 bits per heavy atom. The first-order chi connectivity index (χ1) is 14.4. The Balaban J connectivity index is 1.75. The lowest BCUT2D eigenvalue weighted by Gasteiger charge is -2.42. The summed E-state index contributed by atoms with van der Waals surface area (Å²) in [6.45, 7) is 7.96. The van der Waals surface area contributed by atoms with Crippen molar-refractivity contribution in [1.29, 1.82) is 0 Å². The molecule has 30 heavy (non-hydrogen) atoms. The number of hydrogen-bond acceptors (Lipinski definition) is 2. The topological polar surface area (TPSA) is 18.5 Å². The van der Waals surface area contributed by atoms with Gasteiger partial charge in [-0.05, 0) is 75.1 Å². The van der Waals surface area contributed by atoms with Crippen molar-refractivity contribution in [3.63, 3.8) is 0 Å². The van der Waals surface area contributed by atoms with E-state index in [2.05, 4.69) is 6.58 Å². The molecule has 6 heteroatoms. The van der Waals surface area contributed by atoms with Gasteiger partial charge in [0.15, 0.2) is 17.4 Å². The van der Waals surface area contributed by atoms with Gasteiger partial charge >= 0.3 is 0 Å². The van der Waals surface area contributed by atoms with Crippen molar-refractivity contribution in [2.45, 2.75) is 51.6 Å². The first kappa shape index (κ1) is 22.6. The van der Waals surface area contributed by atoms with Gasteiger partial charge in [-0.25, -0.2) is 13.2 Å². The summed E-state index contributed by atoms with van der Waals surface area (Å²) in [7, 11) is 0. The van der Waals surface area contributed by atoms with Gasteiger partial charge in [0.05, 0.1) is 6.61 Å². The molecule has 1 saturated carbocycles. The van der Waals surface area contributed by atoms with Gasteiger partial charge in [-0.1, -0.05) is 12.7 Å². The Kier molecular flexibility index (Phi) is 7.06. The number of hydrogen-bond donors (Lipinski definition) is 0. The Morgan fingerprint density at radius 3 is 2.37 bits per heavy atom. The van der Waals surface area contributed by atoms with Crippen LogP contribution in [0.3, 0.4) is 0 Å². The van der Waals surface area contributed by atoms with E-state index in [4.69, 9.17) is 9.47 Å². The van der Waals surface area contributed by atoms with Crippen LogP contribution in [0.2, 0.25) is 0 Å². The summed E-state index contributed by atoms with van der Waals surface area (Å²) < 4.78 is 68.5. The minimum Gasteiger partial charge on any atom is -0.491 e. The second-order valence-corrected chi connectivity index (χ2v) is 7.80. The molecular formula is C24H28F4O2. The van der Waals surface area contributed by atoms with E-state index in [9.17, 15) is 17.6 Å². The van der Waals surface area contributed by atoms with Crippen molar-refractivity contribution in [2.24, 2.45) is 11.8 Å². The average Bonchev–Trinajstić information content (AvgIpc) is 2.75. The van der Waals surface area contributed by atoms with Crippen LogP contribution < -0.4 is 4.74 Å². The fourth-order valence-electron chi connectivity index (χ4n) is 4.63. The fourth-order valence-corrected chi connectivity index (χ4v) is 4.63. The third-order valence-electron chi connectivity index (χ3n) is 6.15. The maximum absolute atomic E-state index is 14.8. The van der Waals surface area contributed by atoms with E-state index in [0.29, 0.717) is 31.3 Å². The number of ether oxygens (including phenoxy) is 2. The molecule has 0 radical (unpaired) electrons. The first-order valence-electron chi connectivity index (χ1n) is 10.5. The highest BCUT2D eigenvalue weighted by molar-refractivity contribution is 5.66.